The monoisotopic (exact) mass is 440 g/mol. The third-order valence-corrected chi connectivity index (χ3v) is 4.19. The lowest BCUT2D eigenvalue weighted by molar-refractivity contribution is 0.0465. The van der Waals surface area contributed by atoms with Crippen molar-refractivity contribution in [2.24, 2.45) is 0 Å². The number of esters is 2. The average Bonchev–Trinajstić information content (AvgIpc) is 2.69. The van der Waals surface area contributed by atoms with Crippen LogP contribution in [-0.4, -0.2) is 31.8 Å². The Balaban J connectivity index is 2.31. The molecule has 0 spiro atoms. The van der Waals surface area contributed by atoms with Crippen LogP contribution in [0.3, 0.4) is 0 Å². The lowest BCUT2D eigenvalue weighted by atomic mass is 10.1. The van der Waals surface area contributed by atoms with Gasteiger partial charge in [0.25, 0.3) is 0 Å². The number of carbonyl (C=O) groups excluding carboxylic acids is 2. The van der Waals surface area contributed by atoms with Gasteiger partial charge in [-0.1, -0.05) is 23.2 Å². The van der Waals surface area contributed by atoms with E-state index in [1.807, 2.05) is 0 Å². The topological polar surface area (TPSA) is 71.1 Å². The van der Waals surface area contributed by atoms with Gasteiger partial charge in [-0.15, -0.1) is 0 Å². The van der Waals surface area contributed by atoms with E-state index in [2.05, 4.69) is 0 Å². The van der Waals surface area contributed by atoms with Crippen LogP contribution in [0.15, 0.2) is 30.3 Å². The van der Waals surface area contributed by atoms with E-state index < -0.39 is 11.9 Å². The van der Waals surface area contributed by atoms with Crippen LogP contribution in [0, 0.1) is 0 Å². The lowest BCUT2D eigenvalue weighted by Crippen LogP contribution is -2.12. The predicted octanol–water partition coefficient (Wildman–Crippen LogP) is 5.32. The number of carbonyl (C=O) groups is 2. The van der Waals surface area contributed by atoms with E-state index in [1.165, 1.54) is 12.1 Å². The molecule has 0 bridgehead atoms. The Morgan fingerprint density at radius 3 is 2.10 bits per heavy atom. The van der Waals surface area contributed by atoms with Crippen LogP contribution < -0.4 is 9.47 Å². The van der Waals surface area contributed by atoms with Gasteiger partial charge in [-0.25, -0.2) is 9.59 Å². The van der Waals surface area contributed by atoms with Gasteiger partial charge in [0.1, 0.15) is 29.2 Å². The van der Waals surface area contributed by atoms with Gasteiger partial charge in [-0.2, -0.15) is 0 Å². The Kier molecular flexibility index (Phi) is 8.61. The summed E-state index contributed by atoms with van der Waals surface area (Å²) in [5, 5.41) is 0.670. The van der Waals surface area contributed by atoms with E-state index in [1.54, 1.807) is 39.0 Å². The molecule has 0 aliphatic heterocycles. The summed E-state index contributed by atoms with van der Waals surface area (Å²) in [7, 11) is 0. The standard InChI is InChI=1S/C21H22Cl2O6/c1-4-26-18-8-7-14(22)10-16(18)20(24)29-12-13-9-15(23)11-17(19(13)27-5-2)21(25)28-6-3/h7-11H,4-6,12H2,1-3H3. The molecule has 2 aromatic rings. The zero-order valence-corrected chi connectivity index (χ0v) is 17.9. The van der Waals surface area contributed by atoms with Crippen LogP contribution in [0.5, 0.6) is 11.5 Å². The smallest absolute Gasteiger partial charge is 0.342 e. The second-order valence-electron chi connectivity index (χ2n) is 5.74. The molecule has 2 rings (SSSR count). The molecule has 0 saturated carbocycles. The number of rotatable bonds is 9. The molecule has 0 N–H and O–H groups in total. The summed E-state index contributed by atoms with van der Waals surface area (Å²) >= 11 is 12.1. The van der Waals surface area contributed by atoms with Gasteiger partial charge in [-0.3, -0.25) is 0 Å². The number of halogens is 2. The van der Waals surface area contributed by atoms with Crippen molar-refractivity contribution in [2.45, 2.75) is 27.4 Å². The van der Waals surface area contributed by atoms with Gasteiger partial charge in [0.2, 0.25) is 0 Å². The van der Waals surface area contributed by atoms with Gasteiger partial charge >= 0.3 is 11.9 Å². The van der Waals surface area contributed by atoms with Crippen molar-refractivity contribution >= 4 is 35.1 Å². The molecule has 0 saturated heterocycles. The summed E-state index contributed by atoms with van der Waals surface area (Å²) in [5.74, 6) is -0.569. The highest BCUT2D eigenvalue weighted by molar-refractivity contribution is 6.31. The van der Waals surface area contributed by atoms with Gasteiger partial charge in [0.05, 0.1) is 19.8 Å². The van der Waals surface area contributed by atoms with Crippen molar-refractivity contribution in [1.29, 1.82) is 0 Å². The summed E-state index contributed by atoms with van der Waals surface area (Å²) in [6, 6.07) is 7.73. The molecule has 0 aliphatic carbocycles. The zero-order valence-electron chi connectivity index (χ0n) is 16.4. The summed E-state index contributed by atoms with van der Waals surface area (Å²) in [6.45, 7) is 6.01. The first kappa shape index (κ1) is 22.8. The molecule has 0 fully saturated rings. The molecule has 29 heavy (non-hydrogen) atoms. The van der Waals surface area contributed by atoms with Crippen molar-refractivity contribution in [3.63, 3.8) is 0 Å². The van der Waals surface area contributed by atoms with Crippen LogP contribution >= 0.6 is 23.2 Å². The van der Waals surface area contributed by atoms with Gasteiger partial charge in [0, 0.05) is 15.6 Å². The Morgan fingerprint density at radius 2 is 1.45 bits per heavy atom. The molecule has 0 atom stereocenters. The third kappa shape index (κ3) is 6.02. The molecule has 6 nitrogen and oxygen atoms in total. The minimum atomic E-state index is -0.629. The highest BCUT2D eigenvalue weighted by atomic mass is 35.5. The largest absolute Gasteiger partial charge is 0.493 e. The Morgan fingerprint density at radius 1 is 0.793 bits per heavy atom. The van der Waals surface area contributed by atoms with Crippen LogP contribution in [0.1, 0.15) is 47.1 Å². The second-order valence-corrected chi connectivity index (χ2v) is 6.62. The van der Waals surface area contributed by atoms with E-state index in [9.17, 15) is 9.59 Å². The highest BCUT2D eigenvalue weighted by Gasteiger charge is 2.21. The molecule has 156 valence electrons. The SMILES string of the molecule is CCOC(=O)c1cc(Cl)cc(COC(=O)c2cc(Cl)ccc2OCC)c1OCC. The first-order chi connectivity index (χ1) is 13.9. The van der Waals surface area contributed by atoms with Gasteiger partial charge in [-0.05, 0) is 51.1 Å². The summed E-state index contributed by atoms with van der Waals surface area (Å²) in [4.78, 5) is 24.9. The van der Waals surface area contributed by atoms with Crippen molar-refractivity contribution in [1.82, 2.24) is 0 Å². The van der Waals surface area contributed by atoms with Crippen LogP contribution in [0.2, 0.25) is 10.0 Å². The normalized spacial score (nSPS) is 10.4. The molecule has 0 aromatic heterocycles. The average molecular weight is 441 g/mol. The number of benzene rings is 2. The molecule has 0 heterocycles. The van der Waals surface area contributed by atoms with Gasteiger partial charge < -0.3 is 18.9 Å². The Hall–Kier alpha value is -2.44. The molecule has 8 heteroatoms. The van der Waals surface area contributed by atoms with E-state index in [0.29, 0.717) is 34.6 Å². The van der Waals surface area contributed by atoms with E-state index in [-0.39, 0.29) is 30.1 Å². The minimum Gasteiger partial charge on any atom is -0.493 e. The summed E-state index contributed by atoms with van der Waals surface area (Å²) in [6.07, 6.45) is 0. The van der Waals surface area contributed by atoms with E-state index >= 15 is 0 Å². The number of ether oxygens (including phenoxy) is 4. The predicted molar refractivity (Wildman–Crippen MR) is 110 cm³/mol. The Bertz CT molecular complexity index is 882. The molecule has 0 radical (unpaired) electrons. The quantitative estimate of drug-likeness (QED) is 0.491. The second kappa shape index (κ2) is 10.9. The number of hydrogen-bond acceptors (Lipinski definition) is 6. The molecule has 2 aromatic carbocycles. The van der Waals surface area contributed by atoms with Crippen molar-refractivity contribution in [3.8, 4) is 11.5 Å². The highest BCUT2D eigenvalue weighted by Crippen LogP contribution is 2.31. The fourth-order valence-corrected chi connectivity index (χ4v) is 3.01. The number of hydrogen-bond donors (Lipinski definition) is 0. The first-order valence-electron chi connectivity index (χ1n) is 9.13. The molecule has 0 amide bonds. The van der Waals surface area contributed by atoms with Crippen LogP contribution in [0.4, 0.5) is 0 Å². The van der Waals surface area contributed by atoms with Crippen LogP contribution in [-0.2, 0) is 16.1 Å². The van der Waals surface area contributed by atoms with E-state index in [0.717, 1.165) is 0 Å². The lowest BCUT2D eigenvalue weighted by Gasteiger charge is -2.16. The van der Waals surface area contributed by atoms with E-state index in [4.69, 9.17) is 42.1 Å². The maximum absolute atomic E-state index is 12.6. The molecule has 0 unspecified atom stereocenters. The summed E-state index contributed by atoms with van der Waals surface area (Å²) < 4.78 is 21.6. The van der Waals surface area contributed by atoms with Crippen LogP contribution in [0.25, 0.3) is 0 Å². The maximum atomic E-state index is 12.6. The molecular formula is C21H22Cl2O6. The zero-order chi connectivity index (χ0) is 21.4. The fourth-order valence-electron chi connectivity index (χ4n) is 2.60. The molecular weight excluding hydrogens is 419 g/mol. The third-order valence-electron chi connectivity index (χ3n) is 3.73. The van der Waals surface area contributed by atoms with Gasteiger partial charge in [0.15, 0.2) is 0 Å². The molecule has 0 aliphatic rings. The van der Waals surface area contributed by atoms with Crippen molar-refractivity contribution < 1.29 is 28.5 Å². The summed E-state index contributed by atoms with van der Waals surface area (Å²) in [5.41, 5.74) is 0.811. The van der Waals surface area contributed by atoms with Crippen molar-refractivity contribution in [2.75, 3.05) is 19.8 Å². The first-order valence-corrected chi connectivity index (χ1v) is 9.88. The van der Waals surface area contributed by atoms with Crippen molar-refractivity contribution in [3.05, 3.63) is 57.1 Å². The Labute approximate surface area is 179 Å². The maximum Gasteiger partial charge on any atom is 0.342 e. The fraction of sp³-hybridized carbons (Fsp3) is 0.333. The minimum absolute atomic E-state index is 0.167.